The van der Waals surface area contributed by atoms with Crippen molar-refractivity contribution in [2.75, 3.05) is 13.2 Å². The second-order valence-electron chi connectivity index (χ2n) is 5.14. The second kappa shape index (κ2) is 6.39. The second-order valence-corrected chi connectivity index (χ2v) is 5.14. The molecule has 1 N–H and O–H groups in total. The molecule has 0 saturated carbocycles. The maximum atomic E-state index is 11.9. The number of nitrogens with one attached hydrogen (secondary N) is 1. The van der Waals surface area contributed by atoms with Gasteiger partial charge >= 0.3 is 0 Å². The van der Waals surface area contributed by atoms with E-state index in [-0.39, 0.29) is 5.91 Å². The number of carbonyl (C=O) groups excluding carboxylic acids is 1. The molecule has 2 aromatic rings. The van der Waals surface area contributed by atoms with E-state index in [1.165, 1.54) is 11.1 Å². The van der Waals surface area contributed by atoms with E-state index in [1.807, 2.05) is 6.07 Å². The van der Waals surface area contributed by atoms with Gasteiger partial charge in [0.05, 0.1) is 12.2 Å². The molecule has 4 nitrogen and oxygen atoms in total. The van der Waals surface area contributed by atoms with Crippen molar-refractivity contribution in [2.24, 2.45) is 0 Å². The van der Waals surface area contributed by atoms with Crippen molar-refractivity contribution in [1.82, 2.24) is 10.3 Å². The lowest BCUT2D eigenvalue weighted by Gasteiger charge is -2.17. The molecule has 0 aliphatic carbocycles. The number of hydrogen-bond donors (Lipinski definition) is 1. The normalized spacial score (nSPS) is 13.1. The van der Waals surface area contributed by atoms with Gasteiger partial charge in [0, 0.05) is 18.9 Å². The van der Waals surface area contributed by atoms with Gasteiger partial charge in [0.1, 0.15) is 5.75 Å². The van der Waals surface area contributed by atoms with E-state index in [2.05, 4.69) is 22.4 Å². The van der Waals surface area contributed by atoms with E-state index in [0.29, 0.717) is 12.1 Å². The molecule has 21 heavy (non-hydrogen) atoms. The minimum Gasteiger partial charge on any atom is -0.493 e. The van der Waals surface area contributed by atoms with Crippen molar-refractivity contribution < 1.29 is 9.53 Å². The van der Waals surface area contributed by atoms with E-state index in [0.717, 1.165) is 31.6 Å². The summed E-state index contributed by atoms with van der Waals surface area (Å²) in [6.45, 7) is 1.43. The Kier molecular flexibility index (Phi) is 4.15. The van der Waals surface area contributed by atoms with Crippen LogP contribution in [0.15, 0.2) is 42.7 Å². The molecule has 0 bridgehead atoms. The first-order chi connectivity index (χ1) is 10.3. The smallest absolute Gasteiger partial charge is 0.252 e. The van der Waals surface area contributed by atoms with Crippen molar-refractivity contribution in [3.8, 4) is 5.75 Å². The molecule has 2 heterocycles. The van der Waals surface area contributed by atoms with Gasteiger partial charge in [-0.2, -0.15) is 0 Å². The van der Waals surface area contributed by atoms with Crippen LogP contribution in [0.5, 0.6) is 5.75 Å². The van der Waals surface area contributed by atoms with Gasteiger partial charge < -0.3 is 10.1 Å². The molecule has 0 radical (unpaired) electrons. The maximum Gasteiger partial charge on any atom is 0.252 e. The number of nitrogens with zero attached hydrogens (tertiary/aromatic N) is 1. The molecule has 4 heteroatoms. The Morgan fingerprint density at radius 2 is 2.29 bits per heavy atom. The number of fused-ring (bicyclic) bond motifs is 1. The number of hydrogen-bond acceptors (Lipinski definition) is 3. The summed E-state index contributed by atoms with van der Waals surface area (Å²) < 4.78 is 5.60. The standard InChI is InChI=1S/C17H18N2O2/c20-17(15-3-1-8-18-12-15)19-9-7-13-5-6-16-14(11-13)4-2-10-21-16/h1,3,5-6,8,11-12H,2,4,7,9-10H2,(H,19,20). The quantitative estimate of drug-likeness (QED) is 0.936. The molecule has 1 amide bonds. The summed E-state index contributed by atoms with van der Waals surface area (Å²) >= 11 is 0. The number of ether oxygens (including phenoxy) is 1. The van der Waals surface area contributed by atoms with Crippen LogP contribution in [0.25, 0.3) is 0 Å². The van der Waals surface area contributed by atoms with Gasteiger partial charge in [0.15, 0.2) is 0 Å². The Labute approximate surface area is 124 Å². The van der Waals surface area contributed by atoms with Crippen LogP contribution in [0, 0.1) is 0 Å². The Bertz CT molecular complexity index is 626. The van der Waals surface area contributed by atoms with E-state index in [1.54, 1.807) is 24.5 Å². The summed E-state index contributed by atoms with van der Waals surface area (Å²) in [6, 6.07) is 9.81. The molecule has 1 aromatic carbocycles. The zero-order valence-corrected chi connectivity index (χ0v) is 11.8. The molecular weight excluding hydrogens is 264 g/mol. The number of aryl methyl sites for hydroxylation is 1. The van der Waals surface area contributed by atoms with E-state index < -0.39 is 0 Å². The van der Waals surface area contributed by atoms with Crippen molar-refractivity contribution >= 4 is 5.91 Å². The molecule has 3 rings (SSSR count). The molecule has 0 unspecified atom stereocenters. The molecule has 0 spiro atoms. The first-order valence-corrected chi connectivity index (χ1v) is 7.26. The van der Waals surface area contributed by atoms with E-state index >= 15 is 0 Å². The fourth-order valence-corrected chi connectivity index (χ4v) is 2.49. The summed E-state index contributed by atoms with van der Waals surface area (Å²) in [6.07, 6.45) is 6.20. The lowest BCUT2D eigenvalue weighted by molar-refractivity contribution is 0.0954. The van der Waals surface area contributed by atoms with Crippen molar-refractivity contribution in [2.45, 2.75) is 19.3 Å². The van der Waals surface area contributed by atoms with Gasteiger partial charge in [0.25, 0.3) is 5.91 Å². The van der Waals surface area contributed by atoms with Gasteiger partial charge in [-0.3, -0.25) is 9.78 Å². The van der Waals surface area contributed by atoms with Gasteiger partial charge in [-0.15, -0.1) is 0 Å². The largest absolute Gasteiger partial charge is 0.493 e. The molecule has 1 aliphatic rings. The summed E-state index contributed by atoms with van der Waals surface area (Å²) in [5.74, 6) is 0.925. The minimum atomic E-state index is -0.0793. The third kappa shape index (κ3) is 3.40. The number of pyridine rings is 1. The van der Waals surface area contributed by atoms with Crippen LogP contribution in [0.2, 0.25) is 0 Å². The fourth-order valence-electron chi connectivity index (χ4n) is 2.49. The Balaban J connectivity index is 1.55. The highest BCUT2D eigenvalue weighted by atomic mass is 16.5. The van der Waals surface area contributed by atoms with Crippen molar-refractivity contribution in [3.05, 3.63) is 59.4 Å². The van der Waals surface area contributed by atoms with Crippen molar-refractivity contribution in [3.63, 3.8) is 0 Å². The molecule has 0 atom stereocenters. The third-order valence-electron chi connectivity index (χ3n) is 3.60. The first kappa shape index (κ1) is 13.6. The minimum absolute atomic E-state index is 0.0793. The van der Waals surface area contributed by atoms with Gasteiger partial charge in [-0.05, 0) is 48.6 Å². The molecular formula is C17H18N2O2. The lowest BCUT2D eigenvalue weighted by Crippen LogP contribution is -2.25. The summed E-state index contributed by atoms with van der Waals surface area (Å²) in [5, 5.41) is 2.92. The van der Waals surface area contributed by atoms with Crippen LogP contribution in [0.1, 0.15) is 27.9 Å². The molecule has 1 aliphatic heterocycles. The topological polar surface area (TPSA) is 51.2 Å². The van der Waals surface area contributed by atoms with E-state index in [9.17, 15) is 4.79 Å². The van der Waals surface area contributed by atoms with Crippen LogP contribution in [-0.4, -0.2) is 24.0 Å². The Hall–Kier alpha value is -2.36. The maximum absolute atomic E-state index is 11.9. The average molecular weight is 282 g/mol. The number of rotatable bonds is 4. The predicted molar refractivity (Wildman–Crippen MR) is 80.5 cm³/mol. The van der Waals surface area contributed by atoms with Gasteiger partial charge in [-0.25, -0.2) is 0 Å². The Morgan fingerprint density at radius 1 is 1.33 bits per heavy atom. The highest BCUT2D eigenvalue weighted by molar-refractivity contribution is 5.93. The van der Waals surface area contributed by atoms with Gasteiger partial charge in [0.2, 0.25) is 0 Å². The number of amides is 1. The van der Waals surface area contributed by atoms with E-state index in [4.69, 9.17) is 4.74 Å². The number of carbonyl (C=O) groups is 1. The zero-order valence-electron chi connectivity index (χ0n) is 11.8. The van der Waals surface area contributed by atoms with Crippen molar-refractivity contribution in [1.29, 1.82) is 0 Å². The molecule has 0 saturated heterocycles. The van der Waals surface area contributed by atoms with Crippen LogP contribution in [0.3, 0.4) is 0 Å². The lowest BCUT2D eigenvalue weighted by atomic mass is 10.0. The van der Waals surface area contributed by atoms with Crippen LogP contribution in [0.4, 0.5) is 0 Å². The highest BCUT2D eigenvalue weighted by Crippen LogP contribution is 2.25. The third-order valence-corrected chi connectivity index (χ3v) is 3.60. The number of benzene rings is 1. The Morgan fingerprint density at radius 3 is 3.14 bits per heavy atom. The predicted octanol–water partition coefficient (Wildman–Crippen LogP) is 2.38. The summed E-state index contributed by atoms with van der Waals surface area (Å²) in [4.78, 5) is 15.8. The first-order valence-electron chi connectivity index (χ1n) is 7.26. The average Bonchev–Trinajstić information content (AvgIpc) is 2.55. The SMILES string of the molecule is O=C(NCCc1ccc2c(c1)CCCO2)c1cccnc1. The zero-order chi connectivity index (χ0) is 14.5. The summed E-state index contributed by atoms with van der Waals surface area (Å²) in [7, 11) is 0. The van der Waals surface area contributed by atoms with Crippen LogP contribution < -0.4 is 10.1 Å². The number of aromatic nitrogens is 1. The van der Waals surface area contributed by atoms with Crippen LogP contribution >= 0.6 is 0 Å². The highest BCUT2D eigenvalue weighted by Gasteiger charge is 2.10. The monoisotopic (exact) mass is 282 g/mol. The molecule has 1 aromatic heterocycles. The molecule has 108 valence electrons. The summed E-state index contributed by atoms with van der Waals surface area (Å²) in [5.41, 5.74) is 3.10. The van der Waals surface area contributed by atoms with Gasteiger partial charge in [-0.1, -0.05) is 12.1 Å². The van der Waals surface area contributed by atoms with Crippen LogP contribution in [-0.2, 0) is 12.8 Å². The molecule has 0 fully saturated rings. The fraction of sp³-hybridized carbons (Fsp3) is 0.294.